The number of fused-ring (bicyclic) bond motifs is 1. The minimum Gasteiger partial charge on any atom is -0.508 e. The first kappa shape index (κ1) is 14.5. The number of hydrogen-bond donors (Lipinski definition) is 1. The molecule has 0 aliphatic rings. The number of rotatable bonds is 4. The lowest BCUT2D eigenvalue weighted by atomic mass is 9.88. The monoisotopic (exact) mass is 315 g/mol. The predicted octanol–water partition coefficient (Wildman–Crippen LogP) is 4.91. The first-order valence-corrected chi connectivity index (χ1v) is 7.98. The van der Waals surface area contributed by atoms with Gasteiger partial charge in [0.25, 0.3) is 0 Å². The molecular formula is C21H17NO2. The van der Waals surface area contributed by atoms with Gasteiger partial charge in [0.1, 0.15) is 11.3 Å². The molecule has 3 heteroatoms. The van der Waals surface area contributed by atoms with Crippen LogP contribution in [0.2, 0.25) is 0 Å². The standard InChI is InChI=1S/C21H17NO2/c23-17-11-12-20-19(13-17)22-21(24-20)14-18(15-7-3-1-4-8-15)16-9-5-2-6-10-16/h1-13,18,23H,14H2. The molecule has 0 fully saturated rings. The highest BCUT2D eigenvalue weighted by molar-refractivity contribution is 5.74. The summed E-state index contributed by atoms with van der Waals surface area (Å²) in [4.78, 5) is 4.54. The van der Waals surface area contributed by atoms with Gasteiger partial charge in [-0.05, 0) is 23.3 Å². The summed E-state index contributed by atoms with van der Waals surface area (Å²) < 4.78 is 5.87. The van der Waals surface area contributed by atoms with Gasteiger partial charge in [-0.3, -0.25) is 0 Å². The van der Waals surface area contributed by atoms with Crippen LogP contribution in [0.1, 0.15) is 22.9 Å². The zero-order chi connectivity index (χ0) is 16.4. The smallest absolute Gasteiger partial charge is 0.196 e. The van der Waals surface area contributed by atoms with Crippen molar-refractivity contribution >= 4 is 11.1 Å². The van der Waals surface area contributed by atoms with Crippen LogP contribution in [0, 0.1) is 0 Å². The Bertz CT molecular complexity index is 906. The highest BCUT2D eigenvalue weighted by atomic mass is 16.3. The molecule has 3 aromatic carbocycles. The summed E-state index contributed by atoms with van der Waals surface area (Å²) >= 11 is 0. The Balaban J connectivity index is 1.73. The summed E-state index contributed by atoms with van der Waals surface area (Å²) in [6, 6.07) is 25.8. The Kier molecular flexibility index (Phi) is 3.75. The van der Waals surface area contributed by atoms with E-state index in [2.05, 4.69) is 53.5 Å². The van der Waals surface area contributed by atoms with Crippen molar-refractivity contribution in [1.82, 2.24) is 4.98 Å². The Morgan fingerprint density at radius 2 is 1.46 bits per heavy atom. The maximum Gasteiger partial charge on any atom is 0.196 e. The van der Waals surface area contributed by atoms with Gasteiger partial charge in [0.05, 0.1) is 0 Å². The molecule has 24 heavy (non-hydrogen) atoms. The third kappa shape index (κ3) is 2.88. The van der Waals surface area contributed by atoms with Crippen molar-refractivity contribution < 1.29 is 9.52 Å². The minimum absolute atomic E-state index is 0.175. The Morgan fingerprint density at radius 1 is 0.833 bits per heavy atom. The van der Waals surface area contributed by atoms with Gasteiger partial charge in [0.2, 0.25) is 0 Å². The van der Waals surface area contributed by atoms with Crippen LogP contribution in [0.25, 0.3) is 11.1 Å². The molecule has 0 spiro atoms. The maximum absolute atomic E-state index is 9.60. The molecule has 0 unspecified atom stereocenters. The first-order valence-electron chi connectivity index (χ1n) is 7.98. The van der Waals surface area contributed by atoms with Crippen molar-refractivity contribution in [3.8, 4) is 5.75 Å². The van der Waals surface area contributed by atoms with Crippen LogP contribution >= 0.6 is 0 Å². The van der Waals surface area contributed by atoms with Crippen molar-refractivity contribution in [3.05, 3.63) is 95.9 Å². The number of phenolic OH excluding ortho intramolecular Hbond substituents is 1. The fourth-order valence-corrected chi connectivity index (χ4v) is 3.02. The van der Waals surface area contributed by atoms with E-state index in [4.69, 9.17) is 4.42 Å². The van der Waals surface area contributed by atoms with Gasteiger partial charge in [0, 0.05) is 18.4 Å². The molecule has 1 N–H and O–H groups in total. The third-order valence-corrected chi connectivity index (χ3v) is 4.20. The fourth-order valence-electron chi connectivity index (χ4n) is 3.02. The van der Waals surface area contributed by atoms with Gasteiger partial charge in [0.15, 0.2) is 11.5 Å². The molecule has 0 atom stereocenters. The molecule has 118 valence electrons. The van der Waals surface area contributed by atoms with E-state index in [9.17, 15) is 5.11 Å². The van der Waals surface area contributed by atoms with E-state index < -0.39 is 0 Å². The second-order valence-electron chi connectivity index (χ2n) is 5.84. The van der Waals surface area contributed by atoms with Gasteiger partial charge in [-0.2, -0.15) is 0 Å². The average molecular weight is 315 g/mol. The van der Waals surface area contributed by atoms with Crippen molar-refractivity contribution in [2.45, 2.75) is 12.3 Å². The number of aromatic hydroxyl groups is 1. The van der Waals surface area contributed by atoms with Gasteiger partial charge < -0.3 is 9.52 Å². The van der Waals surface area contributed by atoms with Crippen LogP contribution in [0.3, 0.4) is 0 Å². The van der Waals surface area contributed by atoms with E-state index in [1.54, 1.807) is 18.2 Å². The fraction of sp³-hybridized carbons (Fsp3) is 0.0952. The zero-order valence-electron chi connectivity index (χ0n) is 13.1. The quantitative estimate of drug-likeness (QED) is 0.582. The van der Waals surface area contributed by atoms with Crippen molar-refractivity contribution in [1.29, 1.82) is 0 Å². The number of benzene rings is 3. The lowest BCUT2D eigenvalue weighted by Gasteiger charge is -2.16. The largest absolute Gasteiger partial charge is 0.508 e. The molecule has 0 aliphatic carbocycles. The number of hydrogen-bond acceptors (Lipinski definition) is 3. The number of nitrogens with zero attached hydrogens (tertiary/aromatic N) is 1. The van der Waals surface area contributed by atoms with Crippen LogP contribution in [-0.2, 0) is 6.42 Å². The molecule has 1 heterocycles. The molecular weight excluding hydrogens is 298 g/mol. The van der Waals surface area contributed by atoms with Crippen LogP contribution in [0.4, 0.5) is 0 Å². The molecule has 3 nitrogen and oxygen atoms in total. The van der Waals surface area contributed by atoms with E-state index in [0.717, 1.165) is 0 Å². The van der Waals surface area contributed by atoms with Crippen molar-refractivity contribution in [3.63, 3.8) is 0 Å². The molecule has 0 saturated heterocycles. The van der Waals surface area contributed by atoms with Gasteiger partial charge >= 0.3 is 0 Å². The van der Waals surface area contributed by atoms with Crippen LogP contribution in [0.5, 0.6) is 5.75 Å². The maximum atomic E-state index is 9.60. The number of oxazole rings is 1. The molecule has 0 aliphatic heterocycles. The topological polar surface area (TPSA) is 46.3 Å². The zero-order valence-corrected chi connectivity index (χ0v) is 13.1. The minimum atomic E-state index is 0.175. The van der Waals surface area contributed by atoms with Crippen LogP contribution in [-0.4, -0.2) is 10.1 Å². The van der Waals surface area contributed by atoms with E-state index in [0.29, 0.717) is 23.4 Å². The molecule has 1 aromatic heterocycles. The normalized spacial score (nSPS) is 11.2. The first-order chi connectivity index (χ1) is 11.8. The van der Waals surface area contributed by atoms with E-state index in [-0.39, 0.29) is 11.7 Å². The summed E-state index contributed by atoms with van der Waals surface area (Å²) in [6.07, 6.45) is 0.670. The average Bonchev–Trinajstić information content (AvgIpc) is 3.03. The van der Waals surface area contributed by atoms with Crippen molar-refractivity contribution in [2.75, 3.05) is 0 Å². The SMILES string of the molecule is Oc1ccc2oc(CC(c3ccccc3)c3ccccc3)nc2c1. The van der Waals surface area contributed by atoms with Gasteiger partial charge in [-0.1, -0.05) is 60.7 Å². The Labute approximate surface area is 140 Å². The van der Waals surface area contributed by atoms with E-state index in [1.165, 1.54) is 11.1 Å². The third-order valence-electron chi connectivity index (χ3n) is 4.20. The molecule has 4 rings (SSSR count). The second kappa shape index (κ2) is 6.20. The summed E-state index contributed by atoms with van der Waals surface area (Å²) in [6.45, 7) is 0. The Hall–Kier alpha value is -3.07. The highest BCUT2D eigenvalue weighted by Crippen LogP contribution is 2.30. The number of phenols is 1. The summed E-state index contributed by atoms with van der Waals surface area (Å²) in [5, 5.41) is 9.60. The molecule has 0 saturated carbocycles. The van der Waals surface area contributed by atoms with E-state index >= 15 is 0 Å². The summed E-state index contributed by atoms with van der Waals surface area (Å²) in [5.41, 5.74) is 3.84. The van der Waals surface area contributed by atoms with Gasteiger partial charge in [-0.25, -0.2) is 4.98 Å². The van der Waals surface area contributed by atoms with Crippen molar-refractivity contribution in [2.24, 2.45) is 0 Å². The second-order valence-corrected chi connectivity index (χ2v) is 5.84. The van der Waals surface area contributed by atoms with Crippen LogP contribution in [0.15, 0.2) is 83.3 Å². The molecule has 0 amide bonds. The summed E-state index contributed by atoms with van der Waals surface area (Å²) in [5.74, 6) is 1.05. The lowest BCUT2D eigenvalue weighted by molar-refractivity contribution is 0.475. The molecule has 4 aromatic rings. The van der Waals surface area contributed by atoms with E-state index in [1.807, 2.05) is 12.1 Å². The van der Waals surface area contributed by atoms with Crippen LogP contribution < -0.4 is 0 Å². The molecule has 0 radical (unpaired) electrons. The highest BCUT2D eigenvalue weighted by Gasteiger charge is 2.18. The number of aromatic nitrogens is 1. The lowest BCUT2D eigenvalue weighted by Crippen LogP contribution is -2.05. The Morgan fingerprint density at radius 3 is 2.08 bits per heavy atom. The predicted molar refractivity (Wildman–Crippen MR) is 94.1 cm³/mol. The summed E-state index contributed by atoms with van der Waals surface area (Å²) in [7, 11) is 0. The van der Waals surface area contributed by atoms with Gasteiger partial charge in [-0.15, -0.1) is 0 Å². The molecule has 0 bridgehead atoms.